The zero-order chi connectivity index (χ0) is 20.8. The minimum atomic E-state index is -6.20. The van der Waals surface area contributed by atoms with E-state index in [2.05, 4.69) is 10.1 Å². The van der Waals surface area contributed by atoms with E-state index >= 15 is 0 Å². The van der Waals surface area contributed by atoms with Gasteiger partial charge in [0.05, 0.1) is 11.5 Å². The summed E-state index contributed by atoms with van der Waals surface area (Å²) in [4.78, 5) is 12.3. The van der Waals surface area contributed by atoms with Crippen molar-refractivity contribution in [2.75, 3.05) is 0 Å². The molecule has 0 aliphatic heterocycles. The standard InChI is InChI=1S/C13H8F8N4O2/c1-6-4-7(2-3-8(6)25(26)27)5-24-10(11(14,15)13(19,20)21)22-9(23-24)12(16,17)18/h2-4H,5H2,1H3. The summed E-state index contributed by atoms with van der Waals surface area (Å²) in [5, 5.41) is 13.4. The van der Waals surface area contributed by atoms with Crippen LogP contribution in [0.25, 0.3) is 0 Å². The van der Waals surface area contributed by atoms with Gasteiger partial charge in [-0.05, 0) is 18.6 Å². The molecule has 0 radical (unpaired) electrons. The number of nitro benzene ring substituents is 1. The average Bonchev–Trinajstić information content (AvgIpc) is 2.90. The Morgan fingerprint density at radius 2 is 1.70 bits per heavy atom. The Bertz CT molecular complexity index is 872. The van der Waals surface area contributed by atoms with Gasteiger partial charge in [0.2, 0.25) is 5.82 Å². The largest absolute Gasteiger partial charge is 0.461 e. The molecule has 0 saturated carbocycles. The van der Waals surface area contributed by atoms with Crippen LogP contribution in [-0.2, 0) is 18.6 Å². The van der Waals surface area contributed by atoms with Crippen molar-refractivity contribution >= 4 is 5.69 Å². The van der Waals surface area contributed by atoms with E-state index in [1.807, 2.05) is 0 Å². The number of halogens is 8. The van der Waals surface area contributed by atoms with Crippen molar-refractivity contribution in [1.29, 1.82) is 0 Å². The molecule has 1 aromatic carbocycles. The summed E-state index contributed by atoms with van der Waals surface area (Å²) in [5.41, 5.74) is -0.428. The molecule has 0 atom stereocenters. The molecular weight excluding hydrogens is 396 g/mol. The number of hydrogen-bond acceptors (Lipinski definition) is 4. The Morgan fingerprint density at radius 3 is 2.15 bits per heavy atom. The van der Waals surface area contributed by atoms with Crippen LogP contribution < -0.4 is 0 Å². The van der Waals surface area contributed by atoms with Crippen LogP contribution in [0.15, 0.2) is 18.2 Å². The van der Waals surface area contributed by atoms with Crippen molar-refractivity contribution < 1.29 is 40.0 Å². The molecule has 0 unspecified atom stereocenters. The molecule has 2 aromatic rings. The highest BCUT2D eigenvalue weighted by Gasteiger charge is 2.62. The third-order valence-electron chi connectivity index (χ3n) is 3.35. The summed E-state index contributed by atoms with van der Waals surface area (Å²) in [6, 6.07) is 2.99. The predicted octanol–water partition coefficient (Wildman–Crippen LogP) is 4.22. The van der Waals surface area contributed by atoms with Gasteiger partial charge in [-0.1, -0.05) is 6.07 Å². The van der Waals surface area contributed by atoms with E-state index in [0.29, 0.717) is 0 Å². The normalized spacial score (nSPS) is 13.1. The third-order valence-corrected chi connectivity index (χ3v) is 3.35. The van der Waals surface area contributed by atoms with Crippen molar-refractivity contribution in [3.63, 3.8) is 0 Å². The first kappa shape index (κ1) is 20.5. The number of alkyl halides is 8. The van der Waals surface area contributed by atoms with Gasteiger partial charge in [0.1, 0.15) is 0 Å². The molecule has 2 rings (SSSR count). The molecule has 0 N–H and O–H groups in total. The van der Waals surface area contributed by atoms with Gasteiger partial charge in [-0.15, -0.1) is 5.10 Å². The number of benzene rings is 1. The lowest BCUT2D eigenvalue weighted by molar-refractivity contribution is -0.385. The number of hydrogen-bond donors (Lipinski definition) is 0. The topological polar surface area (TPSA) is 73.8 Å². The van der Waals surface area contributed by atoms with Gasteiger partial charge in [0, 0.05) is 11.6 Å². The maximum absolute atomic E-state index is 13.6. The monoisotopic (exact) mass is 404 g/mol. The summed E-state index contributed by atoms with van der Waals surface area (Å²) in [7, 11) is 0. The maximum Gasteiger partial charge on any atom is 0.461 e. The molecule has 0 aliphatic carbocycles. The average molecular weight is 404 g/mol. The summed E-state index contributed by atoms with van der Waals surface area (Å²) >= 11 is 0. The van der Waals surface area contributed by atoms with Crippen LogP contribution in [0.1, 0.15) is 22.8 Å². The van der Waals surface area contributed by atoms with Gasteiger partial charge in [-0.25, -0.2) is 9.67 Å². The number of aromatic nitrogens is 3. The minimum Gasteiger partial charge on any atom is -0.258 e. The molecule has 1 heterocycles. The van der Waals surface area contributed by atoms with E-state index in [1.54, 1.807) is 0 Å². The van der Waals surface area contributed by atoms with Gasteiger partial charge in [-0.2, -0.15) is 35.1 Å². The molecule has 14 heteroatoms. The van der Waals surface area contributed by atoms with Gasteiger partial charge in [0.25, 0.3) is 11.5 Å². The van der Waals surface area contributed by atoms with Crippen molar-refractivity contribution in [1.82, 2.24) is 14.8 Å². The van der Waals surface area contributed by atoms with E-state index in [9.17, 15) is 45.2 Å². The Balaban J connectivity index is 2.54. The maximum atomic E-state index is 13.6. The lowest BCUT2D eigenvalue weighted by Crippen LogP contribution is -2.36. The van der Waals surface area contributed by atoms with Gasteiger partial charge in [0.15, 0.2) is 0 Å². The van der Waals surface area contributed by atoms with E-state index in [0.717, 1.165) is 18.2 Å². The van der Waals surface area contributed by atoms with Crippen molar-refractivity contribution in [3.05, 3.63) is 51.1 Å². The molecule has 0 bridgehead atoms. The fourth-order valence-corrected chi connectivity index (χ4v) is 2.13. The highest BCUT2D eigenvalue weighted by Crippen LogP contribution is 2.44. The Kier molecular flexibility index (Phi) is 4.88. The van der Waals surface area contributed by atoms with Crippen LogP contribution >= 0.6 is 0 Å². The van der Waals surface area contributed by atoms with E-state index in [-0.39, 0.29) is 21.5 Å². The molecular formula is C13H8F8N4O2. The SMILES string of the molecule is Cc1cc(Cn2nc(C(F)(F)F)nc2C(F)(F)C(F)(F)F)ccc1[N+](=O)[O-]. The Morgan fingerprint density at radius 1 is 1.11 bits per heavy atom. The predicted molar refractivity (Wildman–Crippen MR) is 71.9 cm³/mol. The van der Waals surface area contributed by atoms with E-state index in [4.69, 9.17) is 0 Å². The highest BCUT2D eigenvalue weighted by molar-refractivity contribution is 5.41. The van der Waals surface area contributed by atoms with Gasteiger partial charge >= 0.3 is 18.3 Å². The zero-order valence-corrected chi connectivity index (χ0v) is 13.1. The van der Waals surface area contributed by atoms with Crippen LogP contribution in [0.4, 0.5) is 40.8 Å². The second kappa shape index (κ2) is 6.42. The van der Waals surface area contributed by atoms with Crippen LogP contribution in [-0.4, -0.2) is 25.9 Å². The van der Waals surface area contributed by atoms with E-state index < -0.39 is 41.4 Å². The van der Waals surface area contributed by atoms with Crippen LogP contribution in [0, 0.1) is 17.0 Å². The van der Waals surface area contributed by atoms with Crippen LogP contribution in [0.3, 0.4) is 0 Å². The summed E-state index contributed by atoms with van der Waals surface area (Å²) in [5.74, 6) is -10.1. The lowest BCUT2D eigenvalue weighted by atomic mass is 10.1. The number of nitrogens with zero attached hydrogens (tertiary/aromatic N) is 4. The fraction of sp³-hybridized carbons (Fsp3) is 0.385. The number of aryl methyl sites for hydroxylation is 1. The van der Waals surface area contributed by atoms with Gasteiger partial charge < -0.3 is 0 Å². The smallest absolute Gasteiger partial charge is 0.258 e. The van der Waals surface area contributed by atoms with Crippen molar-refractivity contribution in [2.45, 2.75) is 31.7 Å². The zero-order valence-electron chi connectivity index (χ0n) is 13.1. The molecule has 0 spiro atoms. The highest BCUT2D eigenvalue weighted by atomic mass is 19.4. The molecule has 148 valence electrons. The summed E-state index contributed by atoms with van der Waals surface area (Å²) in [6.07, 6.45) is -11.6. The summed E-state index contributed by atoms with van der Waals surface area (Å²) in [6.45, 7) is 0.318. The number of nitro groups is 1. The third kappa shape index (κ3) is 3.98. The first-order valence-corrected chi connectivity index (χ1v) is 6.85. The van der Waals surface area contributed by atoms with Crippen molar-refractivity contribution in [3.8, 4) is 0 Å². The molecule has 0 aliphatic rings. The minimum absolute atomic E-state index is 0.0257. The fourth-order valence-electron chi connectivity index (χ4n) is 2.13. The molecule has 0 amide bonds. The second-order valence-corrected chi connectivity index (χ2v) is 5.36. The molecule has 0 fully saturated rings. The Hall–Kier alpha value is -2.80. The van der Waals surface area contributed by atoms with Gasteiger partial charge in [-0.3, -0.25) is 10.1 Å². The van der Waals surface area contributed by atoms with Crippen molar-refractivity contribution in [2.24, 2.45) is 0 Å². The van der Waals surface area contributed by atoms with Crippen LogP contribution in [0.5, 0.6) is 0 Å². The first-order valence-electron chi connectivity index (χ1n) is 6.85. The molecule has 27 heavy (non-hydrogen) atoms. The number of rotatable bonds is 4. The lowest BCUT2D eigenvalue weighted by Gasteiger charge is -2.19. The van der Waals surface area contributed by atoms with Crippen LogP contribution in [0.2, 0.25) is 0 Å². The summed E-state index contributed by atoms with van der Waals surface area (Å²) < 4.78 is 103. The quantitative estimate of drug-likeness (QED) is 0.435. The molecule has 0 saturated heterocycles. The Labute approximate surface area is 144 Å². The first-order chi connectivity index (χ1) is 12.1. The molecule has 1 aromatic heterocycles. The second-order valence-electron chi connectivity index (χ2n) is 5.36. The molecule has 6 nitrogen and oxygen atoms in total. The van der Waals surface area contributed by atoms with E-state index in [1.165, 1.54) is 6.92 Å².